The fraction of sp³-hybridized carbons (Fsp3) is 0.308. The van der Waals surface area contributed by atoms with E-state index in [1.165, 1.54) is 6.92 Å². The molecule has 5 rings (SSSR count). The van der Waals surface area contributed by atoms with Crippen molar-refractivity contribution in [2.24, 2.45) is 11.8 Å². The van der Waals surface area contributed by atoms with Crippen LogP contribution in [0.15, 0.2) is 91.0 Å². The van der Waals surface area contributed by atoms with Gasteiger partial charge in [0.2, 0.25) is 11.8 Å². The van der Waals surface area contributed by atoms with E-state index in [1.54, 1.807) is 18.2 Å². The molecule has 0 aromatic heterocycles. The number of ether oxygens (including phenoxy) is 1. The minimum atomic E-state index is -1.74. The third-order valence-electron chi connectivity index (χ3n) is 8.88. The van der Waals surface area contributed by atoms with Crippen molar-refractivity contribution in [3.63, 3.8) is 0 Å². The first kappa shape index (κ1) is 32.6. The highest BCUT2D eigenvalue weighted by Crippen LogP contribution is 2.49. The van der Waals surface area contributed by atoms with Crippen LogP contribution < -0.4 is 15.4 Å². The summed E-state index contributed by atoms with van der Waals surface area (Å²) in [5, 5.41) is 17.8. The molecule has 0 heterocycles. The number of benzene rings is 4. The van der Waals surface area contributed by atoms with Gasteiger partial charge in [-0.3, -0.25) is 14.4 Å². The number of rotatable bonds is 9. The zero-order chi connectivity index (χ0) is 33.0. The summed E-state index contributed by atoms with van der Waals surface area (Å²) in [5.41, 5.74) is 4.89. The number of carbonyl (C=O) groups is 3. The molecule has 7 nitrogen and oxygen atoms in total. The molecule has 1 aliphatic carbocycles. The first-order valence-corrected chi connectivity index (χ1v) is 15.7. The maximum atomic E-state index is 14.3. The van der Waals surface area contributed by atoms with Gasteiger partial charge in [0.05, 0.1) is 18.1 Å². The maximum Gasteiger partial charge on any atom is 0.235 e. The van der Waals surface area contributed by atoms with E-state index in [1.807, 2.05) is 100 Å². The molecule has 46 heavy (non-hydrogen) atoms. The van der Waals surface area contributed by atoms with Crippen molar-refractivity contribution < 1.29 is 24.2 Å². The van der Waals surface area contributed by atoms with E-state index in [0.29, 0.717) is 35.7 Å². The number of hydrogen-bond donors (Lipinski definition) is 3. The first-order valence-electron chi connectivity index (χ1n) is 15.7. The molecule has 238 valence electrons. The van der Waals surface area contributed by atoms with Gasteiger partial charge < -0.3 is 20.5 Å². The second-order valence-electron chi connectivity index (χ2n) is 12.7. The lowest BCUT2D eigenvalue weighted by Crippen LogP contribution is -2.56. The van der Waals surface area contributed by atoms with Crippen molar-refractivity contribution in [2.75, 3.05) is 17.2 Å². The lowest BCUT2D eigenvalue weighted by atomic mass is 9.61. The topological polar surface area (TPSA) is 105 Å². The highest BCUT2D eigenvalue weighted by atomic mass is 16.5. The molecule has 7 heteroatoms. The Morgan fingerprint density at radius 2 is 1.37 bits per heavy atom. The van der Waals surface area contributed by atoms with Crippen molar-refractivity contribution in [3.05, 3.63) is 124 Å². The number of amides is 2. The minimum Gasteiger partial charge on any atom is -0.493 e. The number of Topliss-reactive ketones (excluding diaryl/α,β-unsaturated/α-hetero) is 1. The second-order valence-corrected chi connectivity index (χ2v) is 12.7. The minimum absolute atomic E-state index is 0.344. The molecule has 4 atom stereocenters. The van der Waals surface area contributed by atoms with E-state index in [0.717, 1.165) is 27.8 Å². The predicted octanol–water partition coefficient (Wildman–Crippen LogP) is 6.86. The Labute approximate surface area is 271 Å². The maximum absolute atomic E-state index is 14.3. The molecule has 3 N–H and O–H groups in total. The Bertz CT molecular complexity index is 1750. The van der Waals surface area contributed by atoms with E-state index in [4.69, 9.17) is 4.74 Å². The molecule has 0 saturated heterocycles. The Balaban J connectivity index is 1.56. The van der Waals surface area contributed by atoms with Crippen LogP contribution in [-0.2, 0) is 20.8 Å². The van der Waals surface area contributed by atoms with Gasteiger partial charge in [-0.25, -0.2) is 0 Å². The van der Waals surface area contributed by atoms with Crippen LogP contribution in [0.25, 0.3) is 0 Å². The van der Waals surface area contributed by atoms with Gasteiger partial charge in [-0.15, -0.1) is 0 Å². The van der Waals surface area contributed by atoms with E-state index in [-0.39, 0.29) is 6.42 Å². The summed E-state index contributed by atoms with van der Waals surface area (Å²) in [6.07, 6.45) is 0.292. The Morgan fingerprint density at radius 3 is 1.98 bits per heavy atom. The number of carbonyl (C=O) groups excluding carboxylic acids is 3. The third kappa shape index (κ3) is 7.21. The standard InChI is InChI=1S/C39H42N2O5/c1-24-15-17-30(26(3)21-24)40-37(43)35-32(42)23-39(5,45)36(38(44)41-31-18-16-25(2)22-27(31)4)34(35)29-13-9-10-14-33(29)46-20-19-28-11-7-6-8-12-28/h6-18,21-22,34-36,45H,19-20,23H2,1-5H3,(H,40,43)(H,41,44). The number of nitrogens with one attached hydrogen (secondary N) is 2. The molecule has 0 spiro atoms. The van der Waals surface area contributed by atoms with Crippen LogP contribution in [0.2, 0.25) is 0 Å². The van der Waals surface area contributed by atoms with Crippen molar-refractivity contribution in [1.29, 1.82) is 0 Å². The van der Waals surface area contributed by atoms with Crippen molar-refractivity contribution in [2.45, 2.75) is 59.0 Å². The van der Waals surface area contributed by atoms with Crippen molar-refractivity contribution in [1.82, 2.24) is 0 Å². The van der Waals surface area contributed by atoms with Gasteiger partial charge in [0, 0.05) is 30.1 Å². The van der Waals surface area contributed by atoms with Crippen LogP contribution in [-0.4, -0.2) is 34.9 Å². The summed E-state index contributed by atoms with van der Waals surface area (Å²) in [6, 6.07) is 28.5. The summed E-state index contributed by atoms with van der Waals surface area (Å²) < 4.78 is 6.30. The van der Waals surface area contributed by atoms with Crippen LogP contribution in [0, 0.1) is 39.5 Å². The smallest absolute Gasteiger partial charge is 0.235 e. The highest BCUT2D eigenvalue weighted by molar-refractivity contribution is 6.10. The molecular weight excluding hydrogens is 576 g/mol. The van der Waals surface area contributed by atoms with Gasteiger partial charge in [-0.05, 0) is 75.1 Å². The van der Waals surface area contributed by atoms with Crippen LogP contribution in [0.4, 0.5) is 11.4 Å². The molecule has 4 aromatic carbocycles. The average molecular weight is 619 g/mol. The zero-order valence-electron chi connectivity index (χ0n) is 27.1. The lowest BCUT2D eigenvalue weighted by Gasteiger charge is -2.44. The largest absolute Gasteiger partial charge is 0.493 e. The molecule has 1 aliphatic rings. The summed E-state index contributed by atoms with van der Waals surface area (Å²) in [5.74, 6) is -4.40. The third-order valence-corrected chi connectivity index (χ3v) is 8.88. The van der Waals surface area contributed by atoms with Crippen LogP contribution in [0.1, 0.15) is 52.6 Å². The summed E-state index contributed by atoms with van der Waals surface area (Å²) >= 11 is 0. The van der Waals surface area contributed by atoms with Gasteiger partial charge in [-0.2, -0.15) is 0 Å². The molecule has 1 fully saturated rings. The SMILES string of the molecule is Cc1ccc(NC(=O)C2C(=O)CC(C)(O)C(C(=O)Nc3ccc(C)cc3C)C2c2ccccc2OCCc2ccccc2)c(C)c1. The summed E-state index contributed by atoms with van der Waals surface area (Å²) in [7, 11) is 0. The van der Waals surface area contributed by atoms with Crippen molar-refractivity contribution >= 4 is 29.0 Å². The van der Waals surface area contributed by atoms with Crippen LogP contribution >= 0.6 is 0 Å². The van der Waals surface area contributed by atoms with E-state index >= 15 is 0 Å². The van der Waals surface area contributed by atoms with E-state index in [2.05, 4.69) is 10.6 Å². The highest BCUT2D eigenvalue weighted by Gasteiger charge is 2.56. The van der Waals surface area contributed by atoms with Gasteiger partial charge in [0.25, 0.3) is 0 Å². The van der Waals surface area contributed by atoms with Gasteiger partial charge >= 0.3 is 0 Å². The van der Waals surface area contributed by atoms with Crippen LogP contribution in [0.5, 0.6) is 5.75 Å². The fourth-order valence-corrected chi connectivity index (χ4v) is 6.61. The predicted molar refractivity (Wildman–Crippen MR) is 181 cm³/mol. The molecule has 0 bridgehead atoms. The number of aryl methyl sites for hydroxylation is 4. The average Bonchev–Trinajstić information content (AvgIpc) is 3.00. The molecule has 0 aliphatic heterocycles. The number of anilines is 2. The Kier molecular flexibility index (Phi) is 9.73. The molecule has 1 saturated carbocycles. The number of hydrogen-bond acceptors (Lipinski definition) is 5. The normalized spacial score (nSPS) is 21.0. The fourth-order valence-electron chi connectivity index (χ4n) is 6.61. The molecule has 0 radical (unpaired) electrons. The van der Waals surface area contributed by atoms with E-state index in [9.17, 15) is 19.5 Å². The first-order chi connectivity index (χ1) is 21.9. The lowest BCUT2D eigenvalue weighted by molar-refractivity contribution is -0.150. The van der Waals surface area contributed by atoms with Crippen molar-refractivity contribution in [3.8, 4) is 5.75 Å². The number of ketones is 1. The molecule has 4 aromatic rings. The van der Waals surface area contributed by atoms with Gasteiger partial charge in [0.15, 0.2) is 0 Å². The van der Waals surface area contributed by atoms with Gasteiger partial charge in [-0.1, -0.05) is 83.9 Å². The summed E-state index contributed by atoms with van der Waals surface area (Å²) in [4.78, 5) is 42.3. The van der Waals surface area contributed by atoms with Gasteiger partial charge in [0.1, 0.15) is 17.5 Å². The second kappa shape index (κ2) is 13.7. The Morgan fingerprint density at radius 1 is 0.804 bits per heavy atom. The zero-order valence-corrected chi connectivity index (χ0v) is 27.1. The van der Waals surface area contributed by atoms with E-state index < -0.39 is 41.0 Å². The number of aliphatic hydroxyl groups is 1. The number of para-hydroxylation sites is 1. The summed E-state index contributed by atoms with van der Waals surface area (Å²) in [6.45, 7) is 9.58. The molecule has 2 amide bonds. The quantitative estimate of drug-likeness (QED) is 0.178. The van der Waals surface area contributed by atoms with Crippen LogP contribution in [0.3, 0.4) is 0 Å². The molecule has 4 unspecified atom stereocenters. The monoisotopic (exact) mass is 618 g/mol. The Hall–Kier alpha value is -4.75. The molecular formula is C39H42N2O5.